The highest BCUT2D eigenvalue weighted by molar-refractivity contribution is 7.85. The molecule has 10 nitrogen and oxygen atoms in total. The van der Waals surface area contributed by atoms with Gasteiger partial charge in [0.1, 0.15) is 11.6 Å². The number of nitrogens with zero attached hydrogens (tertiary/aromatic N) is 2. The third-order valence-corrected chi connectivity index (χ3v) is 9.17. The zero-order chi connectivity index (χ0) is 31.1. The highest BCUT2D eigenvalue weighted by Gasteiger charge is 2.42. The number of anilines is 2. The van der Waals surface area contributed by atoms with E-state index in [-0.39, 0.29) is 37.0 Å². The van der Waals surface area contributed by atoms with Crippen molar-refractivity contribution in [2.45, 2.75) is 82.0 Å². The lowest BCUT2D eigenvalue weighted by Gasteiger charge is -2.39. The van der Waals surface area contributed by atoms with E-state index in [9.17, 15) is 26.4 Å². The van der Waals surface area contributed by atoms with Gasteiger partial charge in [-0.15, -0.1) is 13.2 Å². The van der Waals surface area contributed by atoms with E-state index in [1.807, 2.05) is 6.07 Å². The summed E-state index contributed by atoms with van der Waals surface area (Å²) in [5, 5.41) is 2.59. The molecule has 2 saturated heterocycles. The molecule has 2 unspecified atom stereocenters. The van der Waals surface area contributed by atoms with Gasteiger partial charge in [0.15, 0.2) is 0 Å². The number of amides is 1. The van der Waals surface area contributed by atoms with E-state index < -0.39 is 28.1 Å². The van der Waals surface area contributed by atoms with Gasteiger partial charge in [0, 0.05) is 47.1 Å². The lowest BCUT2D eigenvalue weighted by atomic mass is 9.98. The van der Waals surface area contributed by atoms with Gasteiger partial charge >= 0.3 is 6.36 Å². The summed E-state index contributed by atoms with van der Waals surface area (Å²) >= 11 is 0. The quantitative estimate of drug-likeness (QED) is 0.226. The van der Waals surface area contributed by atoms with Crippen LogP contribution >= 0.6 is 0 Å². The zero-order valence-corrected chi connectivity index (χ0v) is 24.5. The summed E-state index contributed by atoms with van der Waals surface area (Å²) in [6.45, 7) is 0.277. The molecule has 3 fully saturated rings. The van der Waals surface area contributed by atoms with Gasteiger partial charge in [0.05, 0.1) is 30.3 Å². The van der Waals surface area contributed by atoms with E-state index in [0.29, 0.717) is 22.7 Å². The average Bonchev–Trinajstić information content (AvgIpc) is 3.66. The maximum Gasteiger partial charge on any atom is 0.573 e. The number of carbonyl (C=O) groups excluding carboxylic acids is 1. The molecular formula is C30H33F3N4O6S. The van der Waals surface area contributed by atoms with E-state index in [2.05, 4.69) is 24.9 Å². The molecule has 3 aliphatic rings. The van der Waals surface area contributed by atoms with Crippen LogP contribution in [-0.4, -0.2) is 59.1 Å². The van der Waals surface area contributed by atoms with Crippen LogP contribution in [0.5, 0.6) is 5.75 Å². The van der Waals surface area contributed by atoms with Crippen LogP contribution in [0.2, 0.25) is 0 Å². The number of ether oxygens (including phenoxy) is 2. The minimum Gasteiger partial charge on any atom is -0.405 e. The molecule has 44 heavy (non-hydrogen) atoms. The number of alkyl halides is 3. The van der Waals surface area contributed by atoms with Crippen molar-refractivity contribution < 1.29 is 40.4 Å². The summed E-state index contributed by atoms with van der Waals surface area (Å²) in [6.07, 6.45) is 3.64. The van der Waals surface area contributed by atoms with Crippen molar-refractivity contribution in [2.24, 2.45) is 0 Å². The number of fused-ring (bicyclic) bond motifs is 2. The van der Waals surface area contributed by atoms with Crippen LogP contribution in [0.25, 0.3) is 11.1 Å². The van der Waals surface area contributed by atoms with Crippen molar-refractivity contribution in [2.75, 3.05) is 16.0 Å². The first-order chi connectivity index (χ1) is 20.9. The topological polar surface area (TPSA) is 134 Å². The fourth-order valence-electron chi connectivity index (χ4n) is 6.40. The Hall–Kier alpha value is -3.62. The molecule has 0 radical (unpaired) electrons. The standard InChI is InChI=1S/C30H33F3N4O6S/c31-30(32,33)43-26-4-2-1-3-23(26)24-16-35-29(18-5-6-18)25(24)17-42-22-13-20-8-9-21(14-22)37(20)27-10-7-19(15-34-27)36-28(38)11-12-44(39,40)41/h1-4,7,10,15-16,18,20-22,35H,5-6,8-9,11-14,17H2,(H,36,38)(H,39,40,41). The van der Waals surface area contributed by atoms with Gasteiger partial charge in [0.2, 0.25) is 5.91 Å². The fourth-order valence-corrected chi connectivity index (χ4v) is 6.84. The van der Waals surface area contributed by atoms with Crippen molar-refractivity contribution in [3.05, 3.63) is 60.0 Å². The summed E-state index contributed by atoms with van der Waals surface area (Å²) in [6, 6.07) is 10.1. The first kappa shape index (κ1) is 30.4. The van der Waals surface area contributed by atoms with Crippen LogP contribution < -0.4 is 15.0 Å². The highest BCUT2D eigenvalue weighted by Crippen LogP contribution is 2.46. The molecule has 6 rings (SSSR count). The number of halogens is 3. The molecule has 1 saturated carbocycles. The van der Waals surface area contributed by atoms with Crippen molar-refractivity contribution in [3.8, 4) is 16.9 Å². The second kappa shape index (κ2) is 12.1. The monoisotopic (exact) mass is 634 g/mol. The van der Waals surface area contributed by atoms with Crippen LogP contribution in [0.3, 0.4) is 0 Å². The number of benzene rings is 1. The SMILES string of the molecule is O=C(CCS(=O)(=O)O)Nc1ccc(N2C3CCC2CC(OCc2c(-c4ccccc4OC(F)(F)F)c[nH]c2C2CC2)C3)nc1. The van der Waals surface area contributed by atoms with E-state index in [4.69, 9.17) is 9.29 Å². The Bertz CT molecular complexity index is 1590. The third-order valence-electron chi connectivity index (χ3n) is 8.45. The number of pyridine rings is 1. The number of hydrogen-bond acceptors (Lipinski definition) is 7. The van der Waals surface area contributed by atoms with E-state index in [1.165, 1.54) is 18.3 Å². The molecule has 2 atom stereocenters. The van der Waals surface area contributed by atoms with Crippen molar-refractivity contribution in [1.29, 1.82) is 0 Å². The van der Waals surface area contributed by atoms with Crippen molar-refractivity contribution in [3.63, 3.8) is 0 Å². The van der Waals surface area contributed by atoms with Gasteiger partial charge in [-0.3, -0.25) is 9.35 Å². The highest BCUT2D eigenvalue weighted by atomic mass is 32.2. The Balaban J connectivity index is 1.11. The number of aromatic amines is 1. The molecular weight excluding hydrogens is 601 g/mol. The Kier molecular flexibility index (Phi) is 8.33. The minimum absolute atomic E-state index is 0.0263. The Morgan fingerprint density at radius 3 is 2.43 bits per heavy atom. The van der Waals surface area contributed by atoms with Crippen LogP contribution in [0.4, 0.5) is 24.7 Å². The minimum atomic E-state index is -4.80. The van der Waals surface area contributed by atoms with E-state index in [0.717, 1.165) is 55.6 Å². The summed E-state index contributed by atoms with van der Waals surface area (Å²) < 4.78 is 80.8. The van der Waals surface area contributed by atoms with Gasteiger partial charge in [0.25, 0.3) is 10.1 Å². The predicted octanol–water partition coefficient (Wildman–Crippen LogP) is 5.79. The molecule has 1 amide bonds. The molecule has 2 aromatic heterocycles. The van der Waals surface area contributed by atoms with Gasteiger partial charge in [-0.05, 0) is 62.6 Å². The van der Waals surface area contributed by atoms with Crippen LogP contribution in [0.1, 0.15) is 62.1 Å². The average molecular weight is 635 g/mol. The molecule has 2 bridgehead atoms. The Labute approximate surface area is 252 Å². The number of rotatable bonds is 11. The molecule has 3 N–H and O–H groups in total. The second-order valence-corrected chi connectivity index (χ2v) is 13.2. The van der Waals surface area contributed by atoms with Gasteiger partial charge in [-0.25, -0.2) is 4.98 Å². The van der Waals surface area contributed by atoms with Crippen LogP contribution in [0.15, 0.2) is 48.8 Å². The lowest BCUT2D eigenvalue weighted by molar-refractivity contribution is -0.274. The molecule has 236 valence electrons. The van der Waals surface area contributed by atoms with E-state index in [1.54, 1.807) is 24.4 Å². The smallest absolute Gasteiger partial charge is 0.405 e. The molecule has 14 heteroatoms. The van der Waals surface area contributed by atoms with Crippen molar-refractivity contribution in [1.82, 2.24) is 9.97 Å². The normalized spacial score (nSPS) is 21.8. The molecule has 1 aromatic carbocycles. The number of carbonyl (C=O) groups is 1. The number of piperidine rings is 1. The van der Waals surface area contributed by atoms with Crippen LogP contribution in [-0.2, 0) is 26.3 Å². The van der Waals surface area contributed by atoms with Gasteiger partial charge in [-0.1, -0.05) is 18.2 Å². The zero-order valence-electron chi connectivity index (χ0n) is 23.7. The number of nitrogens with one attached hydrogen (secondary N) is 2. The lowest BCUT2D eigenvalue weighted by Crippen LogP contribution is -2.46. The number of aromatic nitrogens is 2. The first-order valence-corrected chi connectivity index (χ1v) is 16.2. The molecule has 2 aliphatic heterocycles. The Morgan fingerprint density at radius 2 is 1.80 bits per heavy atom. The fraction of sp³-hybridized carbons (Fsp3) is 0.467. The largest absolute Gasteiger partial charge is 0.573 e. The summed E-state index contributed by atoms with van der Waals surface area (Å²) in [4.78, 5) is 22.1. The third kappa shape index (κ3) is 7.19. The van der Waals surface area contributed by atoms with Gasteiger partial charge in [-0.2, -0.15) is 8.42 Å². The molecule has 3 aromatic rings. The predicted molar refractivity (Wildman–Crippen MR) is 156 cm³/mol. The summed E-state index contributed by atoms with van der Waals surface area (Å²) in [5.41, 5.74) is 3.33. The number of H-pyrrole nitrogens is 1. The van der Waals surface area contributed by atoms with Crippen LogP contribution in [0, 0.1) is 0 Å². The molecule has 0 spiro atoms. The van der Waals surface area contributed by atoms with Gasteiger partial charge < -0.3 is 24.7 Å². The Morgan fingerprint density at radius 1 is 1.07 bits per heavy atom. The molecule has 4 heterocycles. The maximum absolute atomic E-state index is 13.1. The van der Waals surface area contributed by atoms with Crippen molar-refractivity contribution >= 4 is 27.5 Å². The summed E-state index contributed by atoms with van der Waals surface area (Å²) in [7, 11) is -4.22. The number of hydrogen-bond donors (Lipinski definition) is 3. The molecule has 1 aliphatic carbocycles. The number of para-hydroxylation sites is 1. The summed E-state index contributed by atoms with van der Waals surface area (Å²) in [5.74, 6) is -0.320. The van der Waals surface area contributed by atoms with E-state index >= 15 is 0 Å². The second-order valence-electron chi connectivity index (χ2n) is 11.6. The maximum atomic E-state index is 13.1. The first-order valence-electron chi connectivity index (χ1n) is 14.6.